The van der Waals surface area contributed by atoms with Gasteiger partial charge in [0.25, 0.3) is 0 Å². The molecule has 5 heteroatoms. The molecule has 0 bridgehead atoms. The van der Waals surface area contributed by atoms with Crippen LogP contribution in [0.5, 0.6) is 0 Å². The Morgan fingerprint density at radius 2 is 2.17 bits per heavy atom. The number of nitrogens with zero attached hydrogens (tertiary/aromatic N) is 2. The molecule has 2 unspecified atom stereocenters. The van der Waals surface area contributed by atoms with E-state index in [9.17, 15) is 4.79 Å². The molecule has 23 heavy (non-hydrogen) atoms. The molecule has 1 heterocycles. The zero-order chi connectivity index (χ0) is 16.7. The lowest BCUT2D eigenvalue weighted by atomic mass is 10.2. The lowest BCUT2D eigenvalue weighted by Gasteiger charge is -2.29. The molecular weight excluding hydrogens is 290 g/mol. The van der Waals surface area contributed by atoms with E-state index in [1.807, 2.05) is 13.0 Å². The number of carbonyl (C=O) groups excluding carboxylic acids is 1. The topological polar surface area (TPSA) is 55.8 Å². The first-order valence-electron chi connectivity index (χ1n) is 8.58. The summed E-state index contributed by atoms with van der Waals surface area (Å²) in [7, 11) is 0. The third kappa shape index (κ3) is 5.22. The number of amides is 2. The second-order valence-corrected chi connectivity index (χ2v) is 6.33. The van der Waals surface area contributed by atoms with E-state index < -0.39 is 0 Å². The predicted octanol–water partition coefficient (Wildman–Crippen LogP) is 2.06. The molecule has 1 aromatic rings. The summed E-state index contributed by atoms with van der Waals surface area (Å²) in [5.41, 5.74) is 1.31. The highest BCUT2D eigenvalue weighted by Crippen LogP contribution is 2.14. The number of urea groups is 1. The minimum atomic E-state index is -0.0556. The van der Waals surface area contributed by atoms with Crippen molar-refractivity contribution in [2.75, 3.05) is 26.2 Å². The summed E-state index contributed by atoms with van der Waals surface area (Å²) in [6.07, 6.45) is 1.87. The van der Waals surface area contributed by atoms with Gasteiger partial charge in [-0.1, -0.05) is 37.3 Å². The second kappa shape index (κ2) is 8.89. The average Bonchev–Trinajstić information content (AvgIpc) is 2.99. The van der Waals surface area contributed by atoms with Gasteiger partial charge in [0, 0.05) is 38.3 Å². The van der Waals surface area contributed by atoms with Crippen molar-refractivity contribution in [2.24, 2.45) is 0 Å². The fraction of sp³-hybridized carbons (Fsp3) is 0.611. The third-order valence-corrected chi connectivity index (χ3v) is 4.57. The number of aliphatic hydroxyl groups is 1. The molecule has 1 saturated heterocycles. The molecule has 1 fully saturated rings. The molecule has 2 atom stereocenters. The van der Waals surface area contributed by atoms with Crippen molar-refractivity contribution in [3.63, 3.8) is 0 Å². The maximum atomic E-state index is 12.4. The van der Waals surface area contributed by atoms with Gasteiger partial charge in [-0.2, -0.15) is 0 Å². The number of hydrogen-bond donors (Lipinski definition) is 2. The van der Waals surface area contributed by atoms with Crippen LogP contribution in [0, 0.1) is 0 Å². The van der Waals surface area contributed by atoms with E-state index >= 15 is 0 Å². The van der Waals surface area contributed by atoms with E-state index in [-0.39, 0.29) is 24.7 Å². The molecule has 1 aliphatic heterocycles. The molecular formula is C18H29N3O2. The molecule has 0 spiro atoms. The average molecular weight is 319 g/mol. The van der Waals surface area contributed by atoms with Gasteiger partial charge in [0.05, 0.1) is 6.61 Å². The lowest BCUT2D eigenvalue weighted by molar-refractivity contribution is 0.152. The number of likely N-dealkylation sites (tertiary alicyclic amines) is 1. The van der Waals surface area contributed by atoms with E-state index in [4.69, 9.17) is 5.11 Å². The fourth-order valence-electron chi connectivity index (χ4n) is 3.04. The minimum Gasteiger partial charge on any atom is -0.395 e. The molecule has 128 valence electrons. The molecule has 0 aromatic heterocycles. The first kappa shape index (κ1) is 17.8. The molecule has 0 saturated carbocycles. The minimum absolute atomic E-state index is 0.00254. The van der Waals surface area contributed by atoms with E-state index in [0.29, 0.717) is 6.54 Å². The van der Waals surface area contributed by atoms with Crippen LogP contribution in [0.15, 0.2) is 30.3 Å². The van der Waals surface area contributed by atoms with Crippen LogP contribution in [-0.2, 0) is 6.54 Å². The maximum Gasteiger partial charge on any atom is 0.317 e. The number of carbonyl (C=O) groups is 1. The zero-order valence-electron chi connectivity index (χ0n) is 14.2. The van der Waals surface area contributed by atoms with Crippen molar-refractivity contribution >= 4 is 6.03 Å². The summed E-state index contributed by atoms with van der Waals surface area (Å²) in [4.78, 5) is 16.6. The Morgan fingerprint density at radius 3 is 2.83 bits per heavy atom. The Labute approximate surface area is 139 Å². The molecule has 1 aliphatic rings. The predicted molar refractivity (Wildman–Crippen MR) is 92.2 cm³/mol. The van der Waals surface area contributed by atoms with Crippen LogP contribution in [-0.4, -0.2) is 59.3 Å². The van der Waals surface area contributed by atoms with Crippen molar-refractivity contribution in [3.05, 3.63) is 35.9 Å². The van der Waals surface area contributed by atoms with Gasteiger partial charge < -0.3 is 15.3 Å². The van der Waals surface area contributed by atoms with Gasteiger partial charge in [0.15, 0.2) is 0 Å². The van der Waals surface area contributed by atoms with Crippen LogP contribution in [0.2, 0.25) is 0 Å². The number of rotatable bonds is 7. The lowest BCUT2D eigenvalue weighted by Crippen LogP contribution is -2.50. The molecule has 0 aliphatic carbocycles. The largest absolute Gasteiger partial charge is 0.395 e. The van der Waals surface area contributed by atoms with Crippen LogP contribution in [0.1, 0.15) is 32.3 Å². The summed E-state index contributed by atoms with van der Waals surface area (Å²) in [6, 6.07) is 10.7. The number of aliphatic hydroxyl groups excluding tert-OH is 1. The van der Waals surface area contributed by atoms with Gasteiger partial charge in [-0.05, 0) is 25.3 Å². The molecule has 2 N–H and O–H groups in total. The Morgan fingerprint density at radius 1 is 1.43 bits per heavy atom. The van der Waals surface area contributed by atoms with E-state index in [1.165, 1.54) is 5.56 Å². The number of benzene rings is 1. The summed E-state index contributed by atoms with van der Waals surface area (Å²) in [5.74, 6) is 0. The van der Waals surface area contributed by atoms with Gasteiger partial charge in [0.1, 0.15) is 0 Å². The SMILES string of the molecule is CCC(C)N(CCO)C(=O)NC1CCN(Cc2ccccc2)C1. The summed E-state index contributed by atoms with van der Waals surface area (Å²) < 4.78 is 0. The van der Waals surface area contributed by atoms with Gasteiger partial charge in [-0.25, -0.2) is 4.79 Å². The highest BCUT2D eigenvalue weighted by Gasteiger charge is 2.26. The summed E-state index contributed by atoms with van der Waals surface area (Å²) in [6.45, 7) is 7.28. The quantitative estimate of drug-likeness (QED) is 0.809. The first-order valence-corrected chi connectivity index (χ1v) is 8.58. The Hall–Kier alpha value is -1.59. The molecule has 5 nitrogen and oxygen atoms in total. The Kier molecular flexibility index (Phi) is 6.86. The van der Waals surface area contributed by atoms with Crippen LogP contribution < -0.4 is 5.32 Å². The van der Waals surface area contributed by atoms with Gasteiger partial charge in [-0.15, -0.1) is 0 Å². The van der Waals surface area contributed by atoms with Crippen molar-refractivity contribution in [3.8, 4) is 0 Å². The van der Waals surface area contributed by atoms with Gasteiger partial charge in [0.2, 0.25) is 0 Å². The van der Waals surface area contributed by atoms with Crippen molar-refractivity contribution in [2.45, 2.75) is 45.3 Å². The third-order valence-electron chi connectivity index (χ3n) is 4.57. The van der Waals surface area contributed by atoms with Gasteiger partial charge in [-0.3, -0.25) is 4.90 Å². The normalized spacial score (nSPS) is 19.5. The smallest absolute Gasteiger partial charge is 0.317 e. The van der Waals surface area contributed by atoms with Crippen molar-refractivity contribution < 1.29 is 9.90 Å². The standard InChI is InChI=1S/C18H29N3O2/c1-3-15(2)21(11-12-22)18(23)19-17-9-10-20(14-17)13-16-7-5-4-6-8-16/h4-8,15,17,22H,3,9-14H2,1-2H3,(H,19,23). The fourth-order valence-corrected chi connectivity index (χ4v) is 3.04. The van der Waals surface area contributed by atoms with Crippen LogP contribution in [0.3, 0.4) is 0 Å². The number of nitrogens with one attached hydrogen (secondary N) is 1. The van der Waals surface area contributed by atoms with E-state index in [1.54, 1.807) is 4.90 Å². The molecule has 2 rings (SSSR count). The van der Waals surface area contributed by atoms with Crippen LogP contribution in [0.4, 0.5) is 4.79 Å². The molecule has 0 radical (unpaired) electrons. The second-order valence-electron chi connectivity index (χ2n) is 6.33. The summed E-state index contributed by atoms with van der Waals surface area (Å²) >= 11 is 0. The van der Waals surface area contributed by atoms with Crippen molar-refractivity contribution in [1.82, 2.24) is 15.1 Å². The molecule has 2 amide bonds. The molecule has 1 aromatic carbocycles. The van der Waals surface area contributed by atoms with Gasteiger partial charge >= 0.3 is 6.03 Å². The van der Waals surface area contributed by atoms with Crippen molar-refractivity contribution in [1.29, 1.82) is 0 Å². The van der Waals surface area contributed by atoms with Crippen LogP contribution in [0.25, 0.3) is 0 Å². The van der Waals surface area contributed by atoms with E-state index in [2.05, 4.69) is 41.4 Å². The highest BCUT2D eigenvalue weighted by molar-refractivity contribution is 5.75. The zero-order valence-corrected chi connectivity index (χ0v) is 14.2. The number of hydrogen-bond acceptors (Lipinski definition) is 3. The Bertz CT molecular complexity index is 480. The highest BCUT2D eigenvalue weighted by atomic mass is 16.3. The van der Waals surface area contributed by atoms with Crippen LogP contribution >= 0.6 is 0 Å². The maximum absolute atomic E-state index is 12.4. The first-order chi connectivity index (χ1) is 11.1. The monoisotopic (exact) mass is 319 g/mol. The Balaban J connectivity index is 1.83. The van der Waals surface area contributed by atoms with E-state index in [0.717, 1.165) is 32.5 Å². The summed E-state index contributed by atoms with van der Waals surface area (Å²) in [5, 5.41) is 12.3.